The summed E-state index contributed by atoms with van der Waals surface area (Å²) in [5.74, 6) is 0. The quantitative estimate of drug-likeness (QED) is 0.417. The first kappa shape index (κ1) is 17.1. The highest BCUT2D eigenvalue weighted by Gasteiger charge is 2.34. The highest BCUT2D eigenvalue weighted by Crippen LogP contribution is 2.48. The van der Waals surface area contributed by atoms with Gasteiger partial charge in [-0.2, -0.15) is 0 Å². The lowest BCUT2D eigenvalue weighted by Gasteiger charge is -2.20. The van der Waals surface area contributed by atoms with Crippen molar-refractivity contribution in [3.63, 3.8) is 0 Å². The zero-order chi connectivity index (χ0) is 18.4. The van der Waals surface area contributed by atoms with E-state index >= 15 is 0 Å². The van der Waals surface area contributed by atoms with Crippen molar-refractivity contribution in [1.82, 2.24) is 0 Å². The SMILES string of the molecule is CC1(C)CCc2ccccc21.CC1(C)c2ccccc2-c2ccccc21. The van der Waals surface area contributed by atoms with Crippen molar-refractivity contribution in [1.29, 1.82) is 0 Å². The van der Waals surface area contributed by atoms with Crippen LogP contribution in [0.25, 0.3) is 11.1 Å². The van der Waals surface area contributed by atoms with E-state index < -0.39 is 0 Å². The molecule has 5 rings (SSSR count). The van der Waals surface area contributed by atoms with Gasteiger partial charge in [-0.05, 0) is 51.6 Å². The highest BCUT2D eigenvalue weighted by atomic mass is 14.4. The van der Waals surface area contributed by atoms with Gasteiger partial charge < -0.3 is 0 Å². The smallest absolute Gasteiger partial charge is 0.0158 e. The Balaban J connectivity index is 0.000000136. The predicted octanol–water partition coefficient (Wildman–Crippen LogP) is 6.90. The van der Waals surface area contributed by atoms with Gasteiger partial charge in [0.2, 0.25) is 0 Å². The van der Waals surface area contributed by atoms with Crippen molar-refractivity contribution in [2.45, 2.75) is 51.4 Å². The molecule has 2 aliphatic carbocycles. The fraction of sp³-hybridized carbons (Fsp3) is 0.308. The van der Waals surface area contributed by atoms with Gasteiger partial charge in [0.1, 0.15) is 0 Å². The van der Waals surface area contributed by atoms with Gasteiger partial charge in [-0.25, -0.2) is 0 Å². The number of benzene rings is 3. The second-order valence-electron chi connectivity index (χ2n) is 8.76. The summed E-state index contributed by atoms with van der Waals surface area (Å²) < 4.78 is 0. The van der Waals surface area contributed by atoms with E-state index in [0.717, 1.165) is 0 Å². The van der Waals surface area contributed by atoms with Crippen molar-refractivity contribution in [2.24, 2.45) is 0 Å². The van der Waals surface area contributed by atoms with Crippen molar-refractivity contribution in [3.8, 4) is 11.1 Å². The minimum absolute atomic E-state index is 0.160. The molecule has 0 heterocycles. The molecule has 0 radical (unpaired) electrons. The summed E-state index contributed by atoms with van der Waals surface area (Å²) in [6.45, 7) is 9.27. The molecule has 26 heavy (non-hydrogen) atoms. The second-order valence-corrected chi connectivity index (χ2v) is 8.76. The molecule has 0 spiro atoms. The largest absolute Gasteiger partial charge is 0.0620 e. The Hall–Kier alpha value is -2.34. The van der Waals surface area contributed by atoms with Crippen molar-refractivity contribution in [3.05, 3.63) is 95.1 Å². The first-order valence-corrected chi connectivity index (χ1v) is 9.69. The molecule has 0 fully saturated rings. The normalized spacial score (nSPS) is 17.5. The Labute approximate surface area is 157 Å². The maximum Gasteiger partial charge on any atom is 0.0158 e. The summed E-state index contributed by atoms with van der Waals surface area (Å²) in [6, 6.07) is 26.3. The van der Waals surface area contributed by atoms with Gasteiger partial charge in [-0.15, -0.1) is 0 Å². The third-order valence-electron chi connectivity index (χ3n) is 6.26. The van der Waals surface area contributed by atoms with Crippen LogP contribution in [-0.2, 0) is 17.3 Å². The minimum Gasteiger partial charge on any atom is -0.0620 e. The Bertz CT molecular complexity index is 896. The maximum absolute atomic E-state index is 2.33. The van der Waals surface area contributed by atoms with Crippen LogP contribution in [0.1, 0.15) is 56.4 Å². The molecule has 0 N–H and O–H groups in total. The van der Waals surface area contributed by atoms with Crippen LogP contribution in [0.5, 0.6) is 0 Å². The molecule has 3 aromatic carbocycles. The van der Waals surface area contributed by atoms with Crippen LogP contribution in [0.15, 0.2) is 72.8 Å². The summed E-state index contributed by atoms with van der Waals surface area (Å²) in [4.78, 5) is 0. The van der Waals surface area contributed by atoms with Crippen LogP contribution in [0.2, 0.25) is 0 Å². The van der Waals surface area contributed by atoms with E-state index in [4.69, 9.17) is 0 Å². The lowest BCUT2D eigenvalue weighted by Crippen LogP contribution is -2.14. The summed E-state index contributed by atoms with van der Waals surface area (Å²) in [5.41, 5.74) is 9.40. The van der Waals surface area contributed by atoms with Crippen molar-refractivity contribution in [2.75, 3.05) is 0 Å². The number of hydrogen-bond donors (Lipinski definition) is 0. The number of hydrogen-bond acceptors (Lipinski definition) is 0. The van der Waals surface area contributed by atoms with E-state index in [1.54, 1.807) is 11.1 Å². The molecule has 0 atom stereocenters. The van der Waals surface area contributed by atoms with Crippen LogP contribution < -0.4 is 0 Å². The molecule has 0 heteroatoms. The monoisotopic (exact) mass is 340 g/mol. The molecule has 0 unspecified atom stereocenters. The van der Waals surface area contributed by atoms with Gasteiger partial charge in [0, 0.05) is 5.41 Å². The van der Waals surface area contributed by atoms with Crippen molar-refractivity contribution >= 4 is 0 Å². The fourth-order valence-electron chi connectivity index (χ4n) is 4.65. The lowest BCUT2D eigenvalue weighted by atomic mass is 9.82. The molecule has 0 nitrogen and oxygen atoms in total. The summed E-state index contributed by atoms with van der Waals surface area (Å²) in [7, 11) is 0. The molecular weight excluding hydrogens is 312 g/mol. The van der Waals surface area contributed by atoms with E-state index in [0.29, 0.717) is 5.41 Å². The third kappa shape index (κ3) is 2.69. The van der Waals surface area contributed by atoms with Crippen LogP contribution >= 0.6 is 0 Å². The van der Waals surface area contributed by atoms with Gasteiger partial charge in [0.25, 0.3) is 0 Å². The average Bonchev–Trinajstić information content (AvgIpc) is 3.09. The fourth-order valence-corrected chi connectivity index (χ4v) is 4.65. The predicted molar refractivity (Wildman–Crippen MR) is 112 cm³/mol. The Morgan fingerprint density at radius 3 is 1.58 bits per heavy atom. The van der Waals surface area contributed by atoms with E-state index in [9.17, 15) is 0 Å². The molecule has 0 aliphatic heterocycles. The molecule has 0 saturated carbocycles. The van der Waals surface area contributed by atoms with E-state index in [2.05, 4.69) is 100 Å². The van der Waals surface area contributed by atoms with Gasteiger partial charge in [-0.3, -0.25) is 0 Å². The first-order chi connectivity index (χ1) is 12.4. The highest BCUT2D eigenvalue weighted by molar-refractivity contribution is 5.80. The van der Waals surface area contributed by atoms with E-state index in [-0.39, 0.29) is 5.41 Å². The summed E-state index contributed by atoms with van der Waals surface area (Å²) in [5, 5.41) is 0. The standard InChI is InChI=1S/C15H14.C11H14/c1-15(2)13-9-5-3-7-11(13)12-8-4-6-10-14(12)15;1-11(2)8-7-9-5-3-4-6-10(9)11/h3-10H,1-2H3;3-6H,7-8H2,1-2H3. The molecule has 0 saturated heterocycles. The Kier molecular flexibility index (Phi) is 4.03. The number of fused-ring (bicyclic) bond motifs is 4. The summed E-state index contributed by atoms with van der Waals surface area (Å²) in [6.07, 6.45) is 2.58. The molecule has 3 aromatic rings. The lowest BCUT2D eigenvalue weighted by molar-refractivity contribution is 0.522. The maximum atomic E-state index is 2.33. The van der Waals surface area contributed by atoms with Gasteiger partial charge in [0.15, 0.2) is 0 Å². The zero-order valence-electron chi connectivity index (χ0n) is 16.3. The molecule has 2 aliphatic rings. The number of rotatable bonds is 0. The van der Waals surface area contributed by atoms with Gasteiger partial charge in [-0.1, -0.05) is 100 Å². The van der Waals surface area contributed by atoms with Crippen LogP contribution in [0.3, 0.4) is 0 Å². The Morgan fingerprint density at radius 1 is 0.577 bits per heavy atom. The van der Waals surface area contributed by atoms with Gasteiger partial charge >= 0.3 is 0 Å². The first-order valence-electron chi connectivity index (χ1n) is 9.69. The van der Waals surface area contributed by atoms with E-state index in [1.165, 1.54) is 35.1 Å². The third-order valence-corrected chi connectivity index (χ3v) is 6.26. The average molecular weight is 341 g/mol. The molecule has 0 bridgehead atoms. The van der Waals surface area contributed by atoms with Gasteiger partial charge in [0.05, 0.1) is 0 Å². The molecule has 0 amide bonds. The minimum atomic E-state index is 0.160. The van der Waals surface area contributed by atoms with Crippen LogP contribution in [0.4, 0.5) is 0 Å². The van der Waals surface area contributed by atoms with E-state index in [1.807, 2.05) is 0 Å². The number of aryl methyl sites for hydroxylation is 1. The topological polar surface area (TPSA) is 0 Å². The zero-order valence-corrected chi connectivity index (χ0v) is 16.3. The van der Waals surface area contributed by atoms with Crippen LogP contribution in [-0.4, -0.2) is 0 Å². The molecule has 0 aromatic heterocycles. The Morgan fingerprint density at radius 2 is 1.04 bits per heavy atom. The molecular formula is C26H28. The van der Waals surface area contributed by atoms with Crippen LogP contribution in [0, 0.1) is 0 Å². The second kappa shape index (κ2) is 6.13. The van der Waals surface area contributed by atoms with Crippen molar-refractivity contribution < 1.29 is 0 Å². The molecule has 132 valence electrons. The summed E-state index contributed by atoms with van der Waals surface area (Å²) >= 11 is 0.